The molecule has 194 valence electrons. The van der Waals surface area contributed by atoms with Crippen LogP contribution in [0.15, 0.2) is 133 Å². The molecule has 0 saturated heterocycles. The van der Waals surface area contributed by atoms with Crippen molar-refractivity contribution >= 4 is 28.7 Å². The van der Waals surface area contributed by atoms with Gasteiger partial charge in [0.1, 0.15) is 0 Å². The molecule has 0 aromatic heterocycles. The van der Waals surface area contributed by atoms with Gasteiger partial charge in [-0.05, 0) is 0 Å². The van der Waals surface area contributed by atoms with E-state index in [2.05, 4.69) is 0 Å². The van der Waals surface area contributed by atoms with E-state index in [-0.39, 0.29) is 12.2 Å². The average Bonchev–Trinajstić information content (AvgIpc) is 3.32. The molecule has 0 N–H and O–H groups in total. The maximum atomic E-state index is 15.7. The van der Waals surface area contributed by atoms with Crippen LogP contribution in [0, 0.1) is 0 Å². The molecule has 0 saturated carbocycles. The van der Waals surface area contributed by atoms with Gasteiger partial charge in [0.25, 0.3) is 0 Å². The van der Waals surface area contributed by atoms with Crippen molar-refractivity contribution in [3.8, 4) is 0 Å². The van der Waals surface area contributed by atoms with Gasteiger partial charge in [-0.3, -0.25) is 0 Å². The number of ether oxygens (including phenoxy) is 1. The number of alkyl halides is 3. The Kier molecular flexibility index (Phi) is 6.50. The number of halogens is 3. The minimum absolute atomic E-state index is 0.0864. The Hall–Kier alpha value is -3.73. The molecule has 38 heavy (non-hydrogen) atoms. The molecule has 1 aliphatic heterocycles. The minimum atomic E-state index is -5.01. The van der Waals surface area contributed by atoms with Crippen LogP contribution in [0.4, 0.5) is 13.2 Å². The summed E-state index contributed by atoms with van der Waals surface area (Å²) in [4.78, 5) is 13.6. The van der Waals surface area contributed by atoms with E-state index in [1.165, 1.54) is 30.1 Å². The zero-order chi connectivity index (χ0) is 26.9. The van der Waals surface area contributed by atoms with E-state index in [1.54, 1.807) is 104 Å². The summed E-state index contributed by atoms with van der Waals surface area (Å²) < 4.78 is 59.1. The van der Waals surface area contributed by atoms with Gasteiger partial charge in [0.2, 0.25) is 0 Å². The summed E-state index contributed by atoms with van der Waals surface area (Å²) in [6, 6.07) is 34.0. The maximum absolute atomic E-state index is 15.7. The van der Waals surface area contributed by atoms with Crippen LogP contribution in [0.3, 0.4) is 0 Å². The number of hydrogen-bond donors (Lipinski definition) is 0. The van der Waals surface area contributed by atoms with Gasteiger partial charge in [-0.15, -0.1) is 0 Å². The van der Waals surface area contributed by atoms with Gasteiger partial charge in [0.05, 0.1) is 0 Å². The summed E-state index contributed by atoms with van der Waals surface area (Å²) in [5, 5.41) is 1.62. The summed E-state index contributed by atoms with van der Waals surface area (Å²) in [5.74, 6) is 0.382. The van der Waals surface area contributed by atoms with Gasteiger partial charge in [-0.1, -0.05) is 0 Å². The van der Waals surface area contributed by atoms with Gasteiger partial charge >= 0.3 is 220 Å². The van der Waals surface area contributed by atoms with E-state index in [9.17, 15) is 4.79 Å². The molecule has 0 aliphatic carbocycles. The quantitative estimate of drug-likeness (QED) is 0.213. The Labute approximate surface area is 219 Å². The van der Waals surface area contributed by atoms with Crippen LogP contribution in [0.2, 0.25) is 0 Å². The molecule has 4 aromatic carbocycles. The molecular weight excluding hydrogens is 508 g/mol. The standard InChI is InChI=1S/C31H26F3O3P/c1-2-36-29(35)28-23-38(25-17-9-4-10-18-25,26-19-11-5-12-20-26,27-21-13-6-14-22-27)37-30(28,31(32,33)34)24-15-7-3-8-16-24/h3-23H,2H2,1H3. The van der Waals surface area contributed by atoms with Gasteiger partial charge in [-0.2, -0.15) is 0 Å². The molecule has 1 unspecified atom stereocenters. The molecule has 7 heteroatoms. The molecular formula is C31H26F3O3P. The Balaban J connectivity index is 2.04. The van der Waals surface area contributed by atoms with Crippen molar-refractivity contribution < 1.29 is 27.2 Å². The van der Waals surface area contributed by atoms with Crippen molar-refractivity contribution in [3.05, 3.63) is 138 Å². The molecule has 4 aromatic rings. The van der Waals surface area contributed by atoms with Crippen LogP contribution >= 0.6 is 6.83 Å². The normalized spacial score (nSPS) is 21.1. The summed E-state index contributed by atoms with van der Waals surface area (Å²) in [6.07, 6.45) is -5.01. The second kappa shape index (κ2) is 9.54. The fourth-order valence-corrected chi connectivity index (χ4v) is 11.0. The molecule has 1 aliphatic rings. The van der Waals surface area contributed by atoms with Crippen molar-refractivity contribution in [2.75, 3.05) is 6.61 Å². The Morgan fingerprint density at radius 2 is 1.13 bits per heavy atom. The van der Waals surface area contributed by atoms with Crippen LogP contribution in [-0.2, 0) is 19.7 Å². The Morgan fingerprint density at radius 3 is 1.50 bits per heavy atom. The predicted molar refractivity (Wildman–Crippen MR) is 145 cm³/mol. The third-order valence-corrected chi connectivity index (χ3v) is 12.3. The summed E-state index contributed by atoms with van der Waals surface area (Å²) in [6.45, 7) is -3.13. The monoisotopic (exact) mass is 534 g/mol. The van der Waals surface area contributed by atoms with E-state index in [4.69, 9.17) is 9.26 Å². The first-order chi connectivity index (χ1) is 18.3. The first-order valence-electron chi connectivity index (χ1n) is 12.2. The molecule has 0 radical (unpaired) electrons. The molecule has 3 nitrogen and oxygen atoms in total. The third-order valence-electron chi connectivity index (χ3n) is 6.96. The van der Waals surface area contributed by atoms with Gasteiger partial charge < -0.3 is 0 Å². The first kappa shape index (κ1) is 25.9. The van der Waals surface area contributed by atoms with Crippen molar-refractivity contribution in [2.24, 2.45) is 0 Å². The van der Waals surface area contributed by atoms with E-state index < -0.39 is 30.2 Å². The second-order valence-corrected chi connectivity index (χ2v) is 13.2. The van der Waals surface area contributed by atoms with Gasteiger partial charge in [0, 0.05) is 0 Å². The SMILES string of the molecule is CCOC(=O)C1=CP(c2ccccc2)(c2ccccc2)(c2ccccc2)OC1(c1ccccc1)C(F)(F)F. The second-order valence-electron chi connectivity index (χ2n) is 9.01. The number of carbonyl (C=O) groups is 1. The van der Waals surface area contributed by atoms with E-state index in [0.717, 1.165) is 0 Å². The zero-order valence-corrected chi connectivity index (χ0v) is 21.5. The van der Waals surface area contributed by atoms with E-state index in [0.29, 0.717) is 15.9 Å². The number of carbonyl (C=O) groups excluding carboxylic acids is 1. The number of esters is 1. The molecule has 1 heterocycles. The molecule has 5 rings (SSSR count). The molecule has 0 fully saturated rings. The fourth-order valence-electron chi connectivity index (χ4n) is 5.35. The zero-order valence-electron chi connectivity index (χ0n) is 20.6. The van der Waals surface area contributed by atoms with Crippen LogP contribution in [-0.4, -0.2) is 18.8 Å². The van der Waals surface area contributed by atoms with Crippen molar-refractivity contribution in [1.29, 1.82) is 0 Å². The van der Waals surface area contributed by atoms with Gasteiger partial charge in [0.15, 0.2) is 0 Å². The Bertz CT molecular complexity index is 1360. The topological polar surface area (TPSA) is 35.5 Å². The molecule has 0 amide bonds. The summed E-state index contributed by atoms with van der Waals surface area (Å²) in [5.41, 5.74) is -3.85. The Morgan fingerprint density at radius 1 is 0.737 bits per heavy atom. The van der Waals surface area contributed by atoms with Gasteiger partial charge in [-0.25, -0.2) is 0 Å². The summed E-state index contributed by atoms with van der Waals surface area (Å²) >= 11 is 0. The van der Waals surface area contributed by atoms with Crippen LogP contribution in [0.25, 0.3) is 0 Å². The van der Waals surface area contributed by atoms with E-state index >= 15 is 13.2 Å². The van der Waals surface area contributed by atoms with Crippen LogP contribution in [0.1, 0.15) is 12.5 Å². The predicted octanol–water partition coefficient (Wildman–Crippen LogP) is 6.37. The average molecular weight is 535 g/mol. The fraction of sp³-hybridized carbons (Fsp3) is 0.129. The molecule has 1 atom stereocenters. The number of benzene rings is 4. The summed E-state index contributed by atoms with van der Waals surface area (Å²) in [7, 11) is 0. The third kappa shape index (κ3) is 3.63. The van der Waals surface area contributed by atoms with Crippen molar-refractivity contribution in [3.63, 3.8) is 0 Å². The van der Waals surface area contributed by atoms with Crippen LogP contribution < -0.4 is 15.9 Å². The number of rotatable bonds is 6. The van der Waals surface area contributed by atoms with E-state index in [1.807, 2.05) is 0 Å². The first-order valence-corrected chi connectivity index (χ1v) is 14.4. The molecule has 0 bridgehead atoms. The molecule has 0 spiro atoms. The van der Waals surface area contributed by atoms with Crippen LogP contribution in [0.5, 0.6) is 0 Å². The number of hydrogen-bond acceptors (Lipinski definition) is 3. The van der Waals surface area contributed by atoms with Crippen molar-refractivity contribution in [1.82, 2.24) is 0 Å². The van der Waals surface area contributed by atoms with Crippen molar-refractivity contribution in [2.45, 2.75) is 18.7 Å².